The third kappa shape index (κ3) is 1.62. The molecule has 9 heavy (non-hydrogen) atoms. The molecule has 1 heterocycles. The zero-order valence-corrected chi connectivity index (χ0v) is 6.32. The fraction of sp³-hybridized carbons (Fsp3) is 0.714. The van der Waals surface area contributed by atoms with Crippen molar-refractivity contribution in [3.05, 3.63) is 11.8 Å². The monoisotopic (exact) mass is 146 g/mol. The molecule has 1 rings (SSSR count). The lowest BCUT2D eigenvalue weighted by Gasteiger charge is -2.06. The molecule has 0 aromatic heterocycles. The normalized spacial score (nSPS) is 20.9. The minimum absolute atomic E-state index is 0.104. The fourth-order valence-corrected chi connectivity index (χ4v) is 1.01. The van der Waals surface area contributed by atoms with E-state index in [-0.39, 0.29) is 5.38 Å². The van der Waals surface area contributed by atoms with E-state index in [0.29, 0.717) is 0 Å². The van der Waals surface area contributed by atoms with E-state index in [1.54, 1.807) is 0 Å². The van der Waals surface area contributed by atoms with Gasteiger partial charge in [0, 0.05) is 6.42 Å². The molecule has 0 aliphatic carbocycles. The highest BCUT2D eigenvalue weighted by atomic mass is 35.5. The number of alkyl halides is 1. The molecular formula is C7H11ClO. The summed E-state index contributed by atoms with van der Waals surface area (Å²) in [5, 5.41) is 0.104. The van der Waals surface area contributed by atoms with Gasteiger partial charge in [0.05, 0.1) is 12.0 Å². The Labute approximate surface area is 60.7 Å². The SMILES string of the molecule is CCC(Cl)C1=CCCO1. The molecule has 1 atom stereocenters. The van der Waals surface area contributed by atoms with E-state index < -0.39 is 0 Å². The third-order valence-corrected chi connectivity index (χ3v) is 1.92. The molecule has 0 bridgehead atoms. The first-order chi connectivity index (χ1) is 4.34. The minimum Gasteiger partial charge on any atom is -0.496 e. The predicted octanol–water partition coefficient (Wildman–Crippen LogP) is 2.31. The van der Waals surface area contributed by atoms with Gasteiger partial charge in [0.2, 0.25) is 0 Å². The van der Waals surface area contributed by atoms with Crippen LogP contribution in [0.5, 0.6) is 0 Å². The molecule has 1 unspecified atom stereocenters. The van der Waals surface area contributed by atoms with Gasteiger partial charge >= 0.3 is 0 Å². The summed E-state index contributed by atoms with van der Waals surface area (Å²) in [5.41, 5.74) is 0. The summed E-state index contributed by atoms with van der Waals surface area (Å²) in [6.45, 7) is 2.87. The van der Waals surface area contributed by atoms with Crippen LogP contribution in [0.3, 0.4) is 0 Å². The quantitative estimate of drug-likeness (QED) is 0.544. The van der Waals surface area contributed by atoms with Crippen LogP contribution in [0.4, 0.5) is 0 Å². The van der Waals surface area contributed by atoms with E-state index in [1.165, 1.54) is 0 Å². The predicted molar refractivity (Wildman–Crippen MR) is 38.6 cm³/mol. The van der Waals surface area contributed by atoms with E-state index >= 15 is 0 Å². The molecule has 1 aliphatic heterocycles. The lowest BCUT2D eigenvalue weighted by molar-refractivity contribution is 0.235. The fourth-order valence-electron chi connectivity index (χ4n) is 0.856. The summed E-state index contributed by atoms with van der Waals surface area (Å²) in [4.78, 5) is 0. The Bertz CT molecular complexity index is 120. The van der Waals surface area contributed by atoms with E-state index in [9.17, 15) is 0 Å². The molecule has 0 fully saturated rings. The van der Waals surface area contributed by atoms with E-state index in [4.69, 9.17) is 16.3 Å². The van der Waals surface area contributed by atoms with Crippen molar-refractivity contribution in [1.82, 2.24) is 0 Å². The van der Waals surface area contributed by atoms with Gasteiger partial charge in [0.15, 0.2) is 0 Å². The molecule has 0 radical (unpaired) electrons. The van der Waals surface area contributed by atoms with Gasteiger partial charge < -0.3 is 4.74 Å². The highest BCUT2D eigenvalue weighted by Gasteiger charge is 2.12. The summed E-state index contributed by atoms with van der Waals surface area (Å²) < 4.78 is 5.23. The average Bonchev–Trinajstić information content (AvgIpc) is 2.37. The molecule has 0 aromatic rings. The number of hydrogen-bond donors (Lipinski definition) is 0. The first-order valence-electron chi connectivity index (χ1n) is 3.31. The third-order valence-electron chi connectivity index (χ3n) is 1.40. The van der Waals surface area contributed by atoms with Gasteiger partial charge in [-0.3, -0.25) is 0 Å². The summed E-state index contributed by atoms with van der Waals surface area (Å²) in [7, 11) is 0. The van der Waals surface area contributed by atoms with Crippen molar-refractivity contribution in [3.63, 3.8) is 0 Å². The van der Waals surface area contributed by atoms with Gasteiger partial charge in [-0.25, -0.2) is 0 Å². The summed E-state index contributed by atoms with van der Waals surface area (Å²) in [6, 6.07) is 0. The van der Waals surface area contributed by atoms with Crippen molar-refractivity contribution in [2.24, 2.45) is 0 Å². The van der Waals surface area contributed by atoms with Crippen LogP contribution in [0.2, 0.25) is 0 Å². The molecule has 0 N–H and O–H groups in total. The number of halogens is 1. The Morgan fingerprint density at radius 1 is 1.89 bits per heavy atom. The van der Waals surface area contributed by atoms with E-state index in [1.807, 2.05) is 0 Å². The topological polar surface area (TPSA) is 9.23 Å². The molecule has 1 aliphatic rings. The lowest BCUT2D eigenvalue weighted by Crippen LogP contribution is -2.00. The highest BCUT2D eigenvalue weighted by Crippen LogP contribution is 2.19. The van der Waals surface area contributed by atoms with Crippen LogP contribution in [-0.2, 0) is 4.74 Å². The molecule has 0 aromatic carbocycles. The largest absolute Gasteiger partial charge is 0.496 e. The zero-order valence-electron chi connectivity index (χ0n) is 5.56. The van der Waals surface area contributed by atoms with Crippen LogP contribution < -0.4 is 0 Å². The summed E-state index contributed by atoms with van der Waals surface area (Å²) in [6.07, 6.45) is 4.05. The Morgan fingerprint density at radius 2 is 2.67 bits per heavy atom. The van der Waals surface area contributed by atoms with Crippen LogP contribution in [0, 0.1) is 0 Å². The zero-order chi connectivity index (χ0) is 6.69. The Kier molecular flexibility index (Phi) is 2.40. The van der Waals surface area contributed by atoms with E-state index in [0.717, 1.165) is 25.2 Å². The molecular weight excluding hydrogens is 136 g/mol. The van der Waals surface area contributed by atoms with Crippen molar-refractivity contribution in [2.45, 2.75) is 25.1 Å². The Morgan fingerprint density at radius 3 is 3.11 bits per heavy atom. The molecule has 0 spiro atoms. The van der Waals surface area contributed by atoms with Crippen LogP contribution in [0.1, 0.15) is 19.8 Å². The first kappa shape index (κ1) is 6.94. The molecule has 2 heteroatoms. The van der Waals surface area contributed by atoms with Gasteiger partial charge in [-0.15, -0.1) is 11.6 Å². The maximum Gasteiger partial charge on any atom is 0.110 e. The smallest absolute Gasteiger partial charge is 0.110 e. The van der Waals surface area contributed by atoms with E-state index in [2.05, 4.69) is 13.0 Å². The van der Waals surface area contributed by atoms with Gasteiger partial charge in [0.1, 0.15) is 5.76 Å². The number of rotatable bonds is 2. The van der Waals surface area contributed by atoms with Gasteiger partial charge in [-0.05, 0) is 12.5 Å². The maximum absolute atomic E-state index is 5.88. The standard InChI is InChI=1S/C7H11ClO/c1-2-6(8)7-4-3-5-9-7/h4,6H,2-3,5H2,1H3. The van der Waals surface area contributed by atoms with Gasteiger partial charge in [0.25, 0.3) is 0 Å². The molecule has 52 valence electrons. The van der Waals surface area contributed by atoms with Crippen molar-refractivity contribution >= 4 is 11.6 Å². The van der Waals surface area contributed by atoms with Gasteiger partial charge in [-0.2, -0.15) is 0 Å². The molecule has 0 amide bonds. The van der Waals surface area contributed by atoms with Crippen molar-refractivity contribution in [2.75, 3.05) is 6.61 Å². The number of ether oxygens (including phenoxy) is 1. The molecule has 0 saturated carbocycles. The van der Waals surface area contributed by atoms with Crippen LogP contribution in [0.15, 0.2) is 11.8 Å². The second kappa shape index (κ2) is 3.11. The first-order valence-corrected chi connectivity index (χ1v) is 3.75. The second-order valence-electron chi connectivity index (χ2n) is 2.12. The number of hydrogen-bond acceptors (Lipinski definition) is 1. The number of allylic oxidation sites excluding steroid dienone is 1. The van der Waals surface area contributed by atoms with Crippen LogP contribution in [0.25, 0.3) is 0 Å². The van der Waals surface area contributed by atoms with Crippen molar-refractivity contribution < 1.29 is 4.74 Å². The minimum atomic E-state index is 0.104. The van der Waals surface area contributed by atoms with Gasteiger partial charge in [-0.1, -0.05) is 6.92 Å². The average molecular weight is 147 g/mol. The summed E-state index contributed by atoms with van der Waals surface area (Å²) >= 11 is 5.88. The van der Waals surface area contributed by atoms with Crippen molar-refractivity contribution in [3.8, 4) is 0 Å². The van der Waals surface area contributed by atoms with Crippen LogP contribution in [-0.4, -0.2) is 12.0 Å². The molecule has 0 saturated heterocycles. The summed E-state index contributed by atoms with van der Waals surface area (Å²) in [5.74, 6) is 0.971. The highest BCUT2D eigenvalue weighted by molar-refractivity contribution is 6.22. The lowest BCUT2D eigenvalue weighted by atomic mass is 10.3. The van der Waals surface area contributed by atoms with Crippen LogP contribution >= 0.6 is 11.6 Å². The molecule has 1 nitrogen and oxygen atoms in total. The Hall–Kier alpha value is -0.170. The maximum atomic E-state index is 5.88. The second-order valence-corrected chi connectivity index (χ2v) is 2.65. The Balaban J connectivity index is 2.40. The van der Waals surface area contributed by atoms with Crippen molar-refractivity contribution in [1.29, 1.82) is 0 Å².